The summed E-state index contributed by atoms with van der Waals surface area (Å²) in [5, 5.41) is 7.25. The molecule has 0 spiro atoms. The Bertz CT molecular complexity index is 669. The van der Waals surface area contributed by atoms with Crippen LogP contribution in [0.5, 0.6) is 0 Å². The van der Waals surface area contributed by atoms with Crippen LogP contribution in [-0.2, 0) is 23.3 Å². The molecule has 118 valence electrons. The predicted molar refractivity (Wildman–Crippen MR) is 87.5 cm³/mol. The summed E-state index contributed by atoms with van der Waals surface area (Å²) < 4.78 is 5.39. The number of ether oxygens (including phenoxy) is 1. The minimum absolute atomic E-state index is 0.273. The van der Waals surface area contributed by atoms with Gasteiger partial charge in [0.15, 0.2) is 5.13 Å². The molecule has 0 radical (unpaired) electrons. The number of nitrogens with one attached hydrogen (secondary N) is 2. The molecule has 0 bridgehead atoms. The lowest BCUT2D eigenvalue weighted by Crippen LogP contribution is -2.43. The fraction of sp³-hybridized carbons (Fsp3) is 0.500. The van der Waals surface area contributed by atoms with Crippen LogP contribution in [0.4, 0.5) is 9.93 Å². The number of amides is 2. The van der Waals surface area contributed by atoms with E-state index in [1.54, 1.807) is 11.3 Å². The van der Waals surface area contributed by atoms with Gasteiger partial charge in [-0.05, 0) is 20.8 Å². The van der Waals surface area contributed by atoms with Crippen molar-refractivity contribution in [2.45, 2.75) is 39.3 Å². The Balaban J connectivity index is 1.66. The van der Waals surface area contributed by atoms with Gasteiger partial charge in [-0.15, -0.1) is 11.3 Å². The van der Waals surface area contributed by atoms with Crippen molar-refractivity contribution in [2.24, 2.45) is 0 Å². The Morgan fingerprint density at radius 3 is 2.91 bits per heavy atom. The van der Waals surface area contributed by atoms with Crippen LogP contribution in [-0.4, -0.2) is 22.6 Å². The molecule has 8 heteroatoms. The molecule has 2 aromatic rings. The molecule has 2 N–H and O–H groups in total. The van der Waals surface area contributed by atoms with Crippen LogP contribution in [0.25, 0.3) is 0 Å². The molecule has 0 atom stereocenters. The van der Waals surface area contributed by atoms with Gasteiger partial charge in [0, 0.05) is 17.5 Å². The number of rotatable bonds is 3. The Morgan fingerprint density at radius 1 is 1.41 bits per heavy atom. The summed E-state index contributed by atoms with van der Waals surface area (Å²) in [6.07, 6.45) is 2.62. The number of aromatic nitrogens is 2. The van der Waals surface area contributed by atoms with E-state index in [9.17, 15) is 4.79 Å². The second-order valence-electron chi connectivity index (χ2n) is 5.67. The average molecular weight is 338 g/mol. The number of fused-ring (bicyclic) bond motifs is 1. The zero-order chi connectivity index (χ0) is 15.7. The van der Waals surface area contributed by atoms with Gasteiger partial charge in [-0.3, -0.25) is 5.32 Å². The molecule has 2 aromatic heterocycles. The molecule has 3 heterocycles. The van der Waals surface area contributed by atoms with E-state index < -0.39 is 5.54 Å². The fourth-order valence-electron chi connectivity index (χ4n) is 2.19. The van der Waals surface area contributed by atoms with E-state index in [2.05, 4.69) is 20.6 Å². The SMILES string of the molecule is Cc1cnc(C(C)(C)NC(=O)Nc2nc3c(s2)COCC3)s1. The molecule has 22 heavy (non-hydrogen) atoms. The minimum atomic E-state index is -0.525. The van der Waals surface area contributed by atoms with E-state index in [-0.39, 0.29) is 6.03 Å². The van der Waals surface area contributed by atoms with Crippen molar-refractivity contribution in [3.05, 3.63) is 26.7 Å². The van der Waals surface area contributed by atoms with Crippen LogP contribution in [0.3, 0.4) is 0 Å². The number of carbonyl (C=O) groups excluding carboxylic acids is 1. The molecule has 0 aromatic carbocycles. The number of hydrogen-bond donors (Lipinski definition) is 2. The second kappa shape index (κ2) is 5.94. The number of nitrogens with zero attached hydrogens (tertiary/aromatic N) is 2. The van der Waals surface area contributed by atoms with Crippen LogP contribution in [0.2, 0.25) is 0 Å². The van der Waals surface area contributed by atoms with Gasteiger partial charge in [0.05, 0.1) is 29.3 Å². The molecule has 1 aliphatic rings. The summed E-state index contributed by atoms with van der Waals surface area (Å²) in [4.78, 5) is 23.2. The van der Waals surface area contributed by atoms with Crippen molar-refractivity contribution in [1.29, 1.82) is 0 Å². The number of carbonyl (C=O) groups is 1. The molecule has 2 amide bonds. The quantitative estimate of drug-likeness (QED) is 0.902. The average Bonchev–Trinajstić information content (AvgIpc) is 3.03. The van der Waals surface area contributed by atoms with E-state index in [4.69, 9.17) is 4.74 Å². The third kappa shape index (κ3) is 3.29. The minimum Gasteiger partial charge on any atom is -0.375 e. The molecule has 0 aliphatic carbocycles. The van der Waals surface area contributed by atoms with Gasteiger partial charge in [-0.2, -0.15) is 0 Å². The number of urea groups is 1. The first-order valence-electron chi connectivity index (χ1n) is 7.02. The molecule has 6 nitrogen and oxygen atoms in total. The molecule has 0 saturated carbocycles. The van der Waals surface area contributed by atoms with Crippen LogP contribution < -0.4 is 10.6 Å². The topological polar surface area (TPSA) is 76.1 Å². The number of anilines is 1. The number of aryl methyl sites for hydroxylation is 1. The first kappa shape index (κ1) is 15.4. The molecule has 1 aliphatic heterocycles. The summed E-state index contributed by atoms with van der Waals surface area (Å²) in [6.45, 7) is 7.15. The highest BCUT2D eigenvalue weighted by molar-refractivity contribution is 7.15. The lowest BCUT2D eigenvalue weighted by atomic mass is 10.1. The lowest BCUT2D eigenvalue weighted by Gasteiger charge is -2.23. The van der Waals surface area contributed by atoms with E-state index in [0.29, 0.717) is 18.3 Å². The smallest absolute Gasteiger partial charge is 0.321 e. The Labute approximate surface area is 136 Å². The van der Waals surface area contributed by atoms with E-state index >= 15 is 0 Å². The van der Waals surface area contributed by atoms with Crippen LogP contribution in [0.1, 0.15) is 34.3 Å². The van der Waals surface area contributed by atoms with Crippen LogP contribution >= 0.6 is 22.7 Å². The maximum atomic E-state index is 12.2. The van der Waals surface area contributed by atoms with Gasteiger partial charge in [-0.1, -0.05) is 11.3 Å². The predicted octanol–water partition coefficient (Wildman–Crippen LogP) is 3.04. The van der Waals surface area contributed by atoms with Gasteiger partial charge >= 0.3 is 6.03 Å². The van der Waals surface area contributed by atoms with Crippen molar-refractivity contribution in [3.8, 4) is 0 Å². The third-order valence-electron chi connectivity index (χ3n) is 3.30. The van der Waals surface area contributed by atoms with Crippen molar-refractivity contribution in [2.75, 3.05) is 11.9 Å². The highest BCUT2D eigenvalue weighted by Crippen LogP contribution is 2.28. The third-order valence-corrected chi connectivity index (χ3v) is 5.52. The summed E-state index contributed by atoms with van der Waals surface area (Å²) in [7, 11) is 0. The highest BCUT2D eigenvalue weighted by atomic mass is 32.1. The van der Waals surface area contributed by atoms with Crippen molar-refractivity contribution >= 4 is 33.8 Å². The highest BCUT2D eigenvalue weighted by Gasteiger charge is 2.26. The van der Waals surface area contributed by atoms with Crippen molar-refractivity contribution < 1.29 is 9.53 Å². The molecule has 0 saturated heterocycles. The zero-order valence-corrected chi connectivity index (χ0v) is 14.4. The van der Waals surface area contributed by atoms with Gasteiger partial charge in [0.25, 0.3) is 0 Å². The molecule has 0 fully saturated rings. The second-order valence-corrected chi connectivity index (χ2v) is 7.99. The molecule has 3 rings (SSSR count). The molecular formula is C14H18N4O2S2. The summed E-state index contributed by atoms with van der Waals surface area (Å²) in [5.74, 6) is 0. The first-order valence-corrected chi connectivity index (χ1v) is 8.66. The van der Waals surface area contributed by atoms with Crippen molar-refractivity contribution in [3.63, 3.8) is 0 Å². The van der Waals surface area contributed by atoms with Crippen LogP contribution in [0.15, 0.2) is 6.20 Å². The fourth-order valence-corrected chi connectivity index (χ4v) is 3.95. The number of thiazole rings is 2. The summed E-state index contributed by atoms with van der Waals surface area (Å²) >= 11 is 3.05. The summed E-state index contributed by atoms with van der Waals surface area (Å²) in [5.41, 5.74) is 0.504. The standard InChI is InChI=1S/C14H18N4O2S2/c1-8-6-15-11(21-8)14(2,3)18-12(19)17-13-16-9-4-5-20-7-10(9)22-13/h6H,4-5,7H2,1-3H3,(H2,16,17,18,19). The van der Waals surface area contributed by atoms with E-state index in [1.807, 2.05) is 27.0 Å². The number of hydrogen-bond acceptors (Lipinski definition) is 6. The first-order chi connectivity index (χ1) is 10.4. The summed E-state index contributed by atoms with van der Waals surface area (Å²) in [6, 6.07) is -0.273. The van der Waals surface area contributed by atoms with Gasteiger partial charge in [0.2, 0.25) is 0 Å². The normalized spacial score (nSPS) is 14.5. The Kier molecular flexibility index (Phi) is 4.16. The van der Waals surface area contributed by atoms with Crippen LogP contribution in [0, 0.1) is 6.92 Å². The van der Waals surface area contributed by atoms with Gasteiger partial charge in [-0.25, -0.2) is 14.8 Å². The van der Waals surface area contributed by atoms with Crippen molar-refractivity contribution in [1.82, 2.24) is 15.3 Å². The van der Waals surface area contributed by atoms with Gasteiger partial charge in [0.1, 0.15) is 5.01 Å². The van der Waals surface area contributed by atoms with Gasteiger partial charge < -0.3 is 10.1 Å². The maximum Gasteiger partial charge on any atom is 0.321 e. The lowest BCUT2D eigenvalue weighted by molar-refractivity contribution is 0.112. The Morgan fingerprint density at radius 2 is 2.23 bits per heavy atom. The van der Waals surface area contributed by atoms with E-state index in [0.717, 1.165) is 26.9 Å². The largest absolute Gasteiger partial charge is 0.375 e. The zero-order valence-electron chi connectivity index (χ0n) is 12.7. The Hall–Kier alpha value is -1.51. The van der Waals surface area contributed by atoms with E-state index in [1.165, 1.54) is 11.3 Å². The maximum absolute atomic E-state index is 12.2. The molecule has 0 unspecified atom stereocenters. The molecular weight excluding hydrogens is 320 g/mol. The monoisotopic (exact) mass is 338 g/mol.